The maximum atomic E-state index is 15.6. The molecule has 1 saturated heterocycles. The molecule has 41 heavy (non-hydrogen) atoms. The van der Waals surface area contributed by atoms with Gasteiger partial charge in [0.2, 0.25) is 5.91 Å². The molecule has 0 saturated carbocycles. The van der Waals surface area contributed by atoms with Crippen LogP contribution in [-0.2, 0) is 33.7 Å². The number of nitrogens with zero attached hydrogens (tertiary/aromatic N) is 2. The third-order valence-electron chi connectivity index (χ3n) is 9.09. The van der Waals surface area contributed by atoms with Crippen LogP contribution in [0.1, 0.15) is 85.1 Å². The molecule has 222 valence electrons. The third kappa shape index (κ3) is 5.48. The van der Waals surface area contributed by atoms with E-state index in [1.165, 1.54) is 6.07 Å². The molecule has 0 bridgehead atoms. The average molecular weight is 567 g/mol. The van der Waals surface area contributed by atoms with Gasteiger partial charge in [0, 0.05) is 23.7 Å². The van der Waals surface area contributed by atoms with Gasteiger partial charge in [0.15, 0.2) is 17.7 Å². The van der Waals surface area contributed by atoms with Gasteiger partial charge in [-0.3, -0.25) is 4.79 Å². The number of hydrogen-bond acceptors (Lipinski definition) is 5. The molecule has 2 aromatic rings. The average Bonchev–Trinajstić information content (AvgIpc) is 2.91. The minimum absolute atomic E-state index is 0.0741. The van der Waals surface area contributed by atoms with Crippen LogP contribution in [0, 0.1) is 26.6 Å². The zero-order chi connectivity index (χ0) is 29.8. The quantitative estimate of drug-likeness (QED) is 0.503. The van der Waals surface area contributed by atoms with Crippen molar-refractivity contribution >= 4 is 11.9 Å². The Labute approximate surface area is 242 Å². The highest BCUT2D eigenvalue weighted by atomic mass is 19.1. The Kier molecular flexibility index (Phi) is 7.94. The second kappa shape index (κ2) is 11.0. The zero-order valence-corrected chi connectivity index (χ0v) is 25.4. The number of carbonyl (C=O) groups is 2. The first kappa shape index (κ1) is 29.5. The van der Waals surface area contributed by atoms with E-state index < -0.39 is 23.5 Å². The fourth-order valence-corrected chi connectivity index (χ4v) is 6.94. The lowest BCUT2D eigenvalue weighted by atomic mass is 9.78. The highest BCUT2D eigenvalue weighted by molar-refractivity contribution is 5.89. The van der Waals surface area contributed by atoms with E-state index in [1.54, 1.807) is 0 Å². The van der Waals surface area contributed by atoms with Gasteiger partial charge in [0.1, 0.15) is 0 Å². The smallest absolute Gasteiger partial charge is 0.337 e. The van der Waals surface area contributed by atoms with Crippen LogP contribution >= 0.6 is 0 Å². The molecule has 1 unspecified atom stereocenters. The van der Waals surface area contributed by atoms with Gasteiger partial charge in [-0.05, 0) is 132 Å². The van der Waals surface area contributed by atoms with Crippen molar-refractivity contribution in [2.45, 2.75) is 97.9 Å². The minimum atomic E-state index is -1.29. The zero-order valence-electron chi connectivity index (χ0n) is 25.4. The summed E-state index contributed by atoms with van der Waals surface area (Å²) in [7, 11) is 2.11. The summed E-state index contributed by atoms with van der Waals surface area (Å²) in [5.74, 6) is -1.18. The molecule has 0 radical (unpaired) electrons. The molecule has 1 N–H and O–H groups in total. The van der Waals surface area contributed by atoms with Crippen LogP contribution in [0.5, 0.6) is 5.75 Å². The summed E-state index contributed by atoms with van der Waals surface area (Å²) < 4.78 is 27.5. The second-order valence-electron chi connectivity index (χ2n) is 13.0. The monoisotopic (exact) mass is 566 g/mol. The van der Waals surface area contributed by atoms with Gasteiger partial charge >= 0.3 is 5.97 Å². The molecule has 1 fully saturated rings. The highest BCUT2D eigenvalue weighted by Gasteiger charge is 2.38. The Morgan fingerprint density at radius 2 is 1.78 bits per heavy atom. The van der Waals surface area contributed by atoms with Gasteiger partial charge in [-0.25, -0.2) is 9.18 Å². The summed E-state index contributed by atoms with van der Waals surface area (Å²) in [6.07, 6.45) is 2.28. The Bertz CT molecular complexity index is 1390. The van der Waals surface area contributed by atoms with Gasteiger partial charge in [-0.1, -0.05) is 0 Å². The molecule has 5 rings (SSSR count). The van der Waals surface area contributed by atoms with Crippen LogP contribution in [0.25, 0.3) is 11.1 Å². The fraction of sp³-hybridized carbons (Fsp3) is 0.576. The molecule has 8 heteroatoms. The third-order valence-corrected chi connectivity index (χ3v) is 9.09. The van der Waals surface area contributed by atoms with Gasteiger partial charge in [0.25, 0.3) is 0 Å². The summed E-state index contributed by atoms with van der Waals surface area (Å²) in [5, 5.41) is 10.5. The van der Waals surface area contributed by atoms with Crippen LogP contribution in [-0.4, -0.2) is 65.2 Å². The summed E-state index contributed by atoms with van der Waals surface area (Å²) in [4.78, 5) is 30.7. The number of rotatable bonds is 5. The predicted molar refractivity (Wildman–Crippen MR) is 156 cm³/mol. The van der Waals surface area contributed by atoms with Crippen molar-refractivity contribution in [3.63, 3.8) is 0 Å². The number of fused-ring (bicyclic) bond motifs is 2. The van der Waals surface area contributed by atoms with Gasteiger partial charge in [0.05, 0.1) is 18.6 Å². The number of halogens is 1. The summed E-state index contributed by atoms with van der Waals surface area (Å²) >= 11 is 0. The Morgan fingerprint density at radius 1 is 1.10 bits per heavy atom. The van der Waals surface area contributed by atoms with Gasteiger partial charge in [-0.2, -0.15) is 0 Å². The topological polar surface area (TPSA) is 79.3 Å². The minimum Gasteiger partial charge on any atom is -0.490 e. The van der Waals surface area contributed by atoms with Crippen LogP contribution in [0.15, 0.2) is 6.07 Å². The van der Waals surface area contributed by atoms with E-state index in [1.807, 2.05) is 46.4 Å². The van der Waals surface area contributed by atoms with E-state index >= 15 is 4.39 Å². The maximum absolute atomic E-state index is 15.6. The summed E-state index contributed by atoms with van der Waals surface area (Å²) in [5.41, 5.74) is 6.37. The summed E-state index contributed by atoms with van der Waals surface area (Å²) in [6, 6.07) is 1.67. The molecular weight excluding hydrogens is 523 g/mol. The predicted octanol–water partition coefficient (Wildman–Crippen LogP) is 5.66. The molecule has 0 spiro atoms. The number of benzene rings is 2. The lowest BCUT2D eigenvalue weighted by Gasteiger charge is -2.41. The number of likely N-dealkylation sites (tertiary alicyclic amines) is 1. The first-order valence-corrected chi connectivity index (χ1v) is 14.8. The lowest BCUT2D eigenvalue weighted by molar-refractivity contribution is -0.160. The van der Waals surface area contributed by atoms with Crippen LogP contribution in [0.4, 0.5) is 4.39 Å². The summed E-state index contributed by atoms with van der Waals surface area (Å²) in [6.45, 7) is 14.2. The van der Waals surface area contributed by atoms with E-state index in [9.17, 15) is 14.7 Å². The molecule has 3 aliphatic heterocycles. The molecule has 3 heterocycles. The molecule has 1 atom stereocenters. The van der Waals surface area contributed by atoms with E-state index in [0.29, 0.717) is 42.0 Å². The van der Waals surface area contributed by atoms with Crippen molar-refractivity contribution in [2.24, 2.45) is 0 Å². The molecule has 1 amide bonds. The number of carboxylic acids is 1. The number of piperidine rings is 1. The van der Waals surface area contributed by atoms with E-state index in [2.05, 4.69) is 11.9 Å². The Hall–Kier alpha value is -2.97. The van der Waals surface area contributed by atoms with E-state index in [-0.39, 0.29) is 18.4 Å². The number of carbonyl (C=O) groups excluding carboxylic acids is 1. The lowest BCUT2D eigenvalue weighted by Crippen LogP contribution is -2.48. The number of aliphatic carboxylic acids is 1. The molecular formula is C33H43FN2O5. The fourth-order valence-electron chi connectivity index (χ4n) is 6.94. The van der Waals surface area contributed by atoms with Crippen LogP contribution in [0.3, 0.4) is 0 Å². The van der Waals surface area contributed by atoms with Crippen molar-refractivity contribution in [3.8, 4) is 16.9 Å². The highest BCUT2D eigenvalue weighted by Crippen LogP contribution is 2.46. The van der Waals surface area contributed by atoms with Gasteiger partial charge in [-0.15, -0.1) is 0 Å². The first-order chi connectivity index (χ1) is 19.3. The SMILES string of the molecule is Cc1c(-c2c(C)c3c(c(C)c2C(OC(C)(C)C)C(=O)O)CC(=O)N(C2CCN(C)CC2)C3)cc(F)c2c1CCCO2. The maximum Gasteiger partial charge on any atom is 0.337 e. The molecule has 0 aromatic heterocycles. The van der Waals surface area contributed by atoms with Crippen LogP contribution < -0.4 is 4.74 Å². The molecule has 0 aliphatic carbocycles. The number of ether oxygens (including phenoxy) is 2. The first-order valence-electron chi connectivity index (χ1n) is 14.8. The largest absolute Gasteiger partial charge is 0.490 e. The van der Waals surface area contributed by atoms with Crippen molar-refractivity contribution in [1.82, 2.24) is 9.80 Å². The van der Waals surface area contributed by atoms with Gasteiger partial charge < -0.3 is 24.4 Å². The Balaban J connectivity index is 1.75. The van der Waals surface area contributed by atoms with Crippen LogP contribution in [0.2, 0.25) is 0 Å². The standard InChI is InChI=1S/C33H43FN2O5/c1-18-22-9-8-14-40-30(22)26(34)15-24(18)28-20(3)25-17-36(21-10-12-35(7)13-11-21)27(37)16-23(25)19(2)29(28)31(32(38)39)41-33(4,5)6/h15,21,31H,8-14,16-17H2,1-7H3,(H,38,39). The van der Waals surface area contributed by atoms with Crippen molar-refractivity contribution in [2.75, 3.05) is 26.7 Å². The number of carboxylic acid groups (broad SMARTS) is 1. The van der Waals surface area contributed by atoms with Crippen molar-refractivity contribution < 1.29 is 28.6 Å². The normalized spacial score (nSPS) is 19.0. The molecule has 2 aromatic carbocycles. The molecule has 7 nitrogen and oxygen atoms in total. The van der Waals surface area contributed by atoms with Crippen molar-refractivity contribution in [3.05, 3.63) is 50.8 Å². The molecule has 3 aliphatic rings. The number of hydrogen-bond donors (Lipinski definition) is 1. The number of amides is 1. The second-order valence-corrected chi connectivity index (χ2v) is 13.0. The van der Waals surface area contributed by atoms with Crippen molar-refractivity contribution in [1.29, 1.82) is 0 Å². The van der Waals surface area contributed by atoms with E-state index in [4.69, 9.17) is 9.47 Å². The Morgan fingerprint density at radius 3 is 2.41 bits per heavy atom. The van der Waals surface area contributed by atoms with E-state index in [0.717, 1.165) is 65.7 Å².